The fourth-order valence-corrected chi connectivity index (χ4v) is 1.99. The van der Waals surface area contributed by atoms with Gasteiger partial charge in [0.1, 0.15) is 11.5 Å². The van der Waals surface area contributed by atoms with E-state index in [4.69, 9.17) is 10.5 Å². The summed E-state index contributed by atoms with van der Waals surface area (Å²) in [4.78, 5) is 0. The van der Waals surface area contributed by atoms with Crippen LogP contribution in [0.5, 0.6) is 11.5 Å². The van der Waals surface area contributed by atoms with Gasteiger partial charge >= 0.3 is 0 Å². The summed E-state index contributed by atoms with van der Waals surface area (Å²) in [6.45, 7) is 6.14. The standard InChI is InChI=1S/C17H21NO/c1-12-4-8-16(9-5-12)19-17-11-15(10-14(3)18)7-6-13(17)2/h4-9,11,14H,10,18H2,1-3H3. The topological polar surface area (TPSA) is 35.2 Å². The molecule has 2 aromatic rings. The zero-order valence-corrected chi connectivity index (χ0v) is 11.8. The molecule has 0 heterocycles. The third-order valence-electron chi connectivity index (χ3n) is 3.06. The van der Waals surface area contributed by atoms with Crippen LogP contribution in [0.2, 0.25) is 0 Å². The highest BCUT2D eigenvalue weighted by atomic mass is 16.5. The van der Waals surface area contributed by atoms with Gasteiger partial charge in [0.2, 0.25) is 0 Å². The predicted octanol–water partition coefficient (Wildman–Crippen LogP) is 3.99. The van der Waals surface area contributed by atoms with Crippen molar-refractivity contribution < 1.29 is 4.74 Å². The van der Waals surface area contributed by atoms with Crippen molar-refractivity contribution in [1.29, 1.82) is 0 Å². The fourth-order valence-electron chi connectivity index (χ4n) is 1.99. The van der Waals surface area contributed by atoms with Crippen molar-refractivity contribution in [1.82, 2.24) is 0 Å². The number of rotatable bonds is 4. The van der Waals surface area contributed by atoms with Gasteiger partial charge in [-0.3, -0.25) is 0 Å². The van der Waals surface area contributed by atoms with Crippen LogP contribution in [0.4, 0.5) is 0 Å². The average molecular weight is 255 g/mol. The van der Waals surface area contributed by atoms with E-state index in [9.17, 15) is 0 Å². The lowest BCUT2D eigenvalue weighted by Gasteiger charge is -2.12. The van der Waals surface area contributed by atoms with Crippen LogP contribution in [-0.2, 0) is 6.42 Å². The largest absolute Gasteiger partial charge is 0.457 e. The summed E-state index contributed by atoms with van der Waals surface area (Å²) in [5, 5.41) is 0. The summed E-state index contributed by atoms with van der Waals surface area (Å²) in [5.74, 6) is 1.77. The van der Waals surface area contributed by atoms with E-state index in [2.05, 4.69) is 44.2 Å². The van der Waals surface area contributed by atoms with Crippen LogP contribution in [-0.4, -0.2) is 6.04 Å². The van der Waals surface area contributed by atoms with Crippen molar-refractivity contribution in [3.8, 4) is 11.5 Å². The van der Waals surface area contributed by atoms with Gasteiger partial charge in [-0.15, -0.1) is 0 Å². The molecule has 0 aromatic heterocycles. The Morgan fingerprint density at radius 2 is 1.74 bits per heavy atom. The Hall–Kier alpha value is -1.80. The minimum absolute atomic E-state index is 0.162. The van der Waals surface area contributed by atoms with Crippen molar-refractivity contribution in [3.63, 3.8) is 0 Å². The summed E-state index contributed by atoms with van der Waals surface area (Å²) in [6, 6.07) is 14.5. The first kappa shape index (κ1) is 13.6. The normalized spacial score (nSPS) is 12.2. The first-order valence-electron chi connectivity index (χ1n) is 6.64. The van der Waals surface area contributed by atoms with Gasteiger partial charge in [-0.1, -0.05) is 29.8 Å². The molecule has 0 aliphatic heterocycles. The summed E-state index contributed by atoms with van der Waals surface area (Å²) in [7, 11) is 0. The number of aryl methyl sites for hydroxylation is 2. The molecule has 2 heteroatoms. The van der Waals surface area contributed by atoms with E-state index in [1.165, 1.54) is 11.1 Å². The molecule has 0 aliphatic carbocycles. The fraction of sp³-hybridized carbons (Fsp3) is 0.294. The molecule has 1 atom stereocenters. The number of ether oxygens (including phenoxy) is 1. The van der Waals surface area contributed by atoms with Crippen LogP contribution < -0.4 is 10.5 Å². The third-order valence-corrected chi connectivity index (χ3v) is 3.06. The average Bonchev–Trinajstić information content (AvgIpc) is 2.35. The lowest BCUT2D eigenvalue weighted by Crippen LogP contribution is -2.17. The lowest BCUT2D eigenvalue weighted by atomic mass is 10.1. The minimum Gasteiger partial charge on any atom is -0.457 e. The zero-order valence-electron chi connectivity index (χ0n) is 11.8. The Kier molecular flexibility index (Phi) is 4.23. The van der Waals surface area contributed by atoms with E-state index in [0.717, 1.165) is 23.5 Å². The van der Waals surface area contributed by atoms with Crippen LogP contribution in [0.1, 0.15) is 23.6 Å². The summed E-state index contributed by atoms with van der Waals surface area (Å²) in [5.41, 5.74) is 9.42. The molecule has 0 saturated carbocycles. The number of hydrogen-bond acceptors (Lipinski definition) is 2. The van der Waals surface area contributed by atoms with Gasteiger partial charge < -0.3 is 10.5 Å². The van der Waals surface area contributed by atoms with Gasteiger partial charge in [-0.2, -0.15) is 0 Å². The number of benzene rings is 2. The molecule has 0 bridgehead atoms. The molecule has 0 amide bonds. The van der Waals surface area contributed by atoms with Crippen LogP contribution in [0.3, 0.4) is 0 Å². The Balaban J connectivity index is 2.21. The van der Waals surface area contributed by atoms with Crippen molar-refractivity contribution in [2.75, 3.05) is 0 Å². The molecule has 0 aliphatic rings. The molecule has 100 valence electrons. The second-order valence-corrected chi connectivity index (χ2v) is 5.20. The first-order valence-corrected chi connectivity index (χ1v) is 6.64. The smallest absolute Gasteiger partial charge is 0.130 e. The van der Waals surface area contributed by atoms with Crippen LogP contribution in [0.15, 0.2) is 42.5 Å². The second-order valence-electron chi connectivity index (χ2n) is 5.20. The minimum atomic E-state index is 0.162. The van der Waals surface area contributed by atoms with E-state index >= 15 is 0 Å². The first-order chi connectivity index (χ1) is 9.04. The molecule has 2 aromatic carbocycles. The van der Waals surface area contributed by atoms with E-state index in [0.29, 0.717) is 0 Å². The predicted molar refractivity (Wildman–Crippen MR) is 79.8 cm³/mol. The summed E-state index contributed by atoms with van der Waals surface area (Å²) in [6.07, 6.45) is 0.866. The van der Waals surface area contributed by atoms with Gasteiger partial charge in [0.25, 0.3) is 0 Å². The molecule has 0 spiro atoms. The Labute approximate surface area is 115 Å². The van der Waals surface area contributed by atoms with E-state index < -0.39 is 0 Å². The van der Waals surface area contributed by atoms with Gasteiger partial charge in [0, 0.05) is 6.04 Å². The maximum atomic E-state index is 5.95. The molecular formula is C17H21NO. The molecule has 1 unspecified atom stereocenters. The van der Waals surface area contributed by atoms with E-state index in [1.54, 1.807) is 0 Å². The Bertz CT molecular complexity index is 544. The highest BCUT2D eigenvalue weighted by Crippen LogP contribution is 2.26. The Morgan fingerprint density at radius 3 is 2.37 bits per heavy atom. The van der Waals surface area contributed by atoms with E-state index in [-0.39, 0.29) is 6.04 Å². The quantitative estimate of drug-likeness (QED) is 0.896. The van der Waals surface area contributed by atoms with Gasteiger partial charge in [-0.05, 0) is 56.5 Å². The zero-order chi connectivity index (χ0) is 13.8. The highest BCUT2D eigenvalue weighted by molar-refractivity contribution is 5.40. The summed E-state index contributed by atoms with van der Waals surface area (Å²) < 4.78 is 5.95. The maximum Gasteiger partial charge on any atom is 0.130 e. The summed E-state index contributed by atoms with van der Waals surface area (Å²) >= 11 is 0. The van der Waals surface area contributed by atoms with Crippen LogP contribution in [0.25, 0.3) is 0 Å². The Morgan fingerprint density at radius 1 is 1.05 bits per heavy atom. The van der Waals surface area contributed by atoms with Crippen molar-refractivity contribution in [2.24, 2.45) is 5.73 Å². The van der Waals surface area contributed by atoms with Crippen LogP contribution in [0, 0.1) is 13.8 Å². The van der Waals surface area contributed by atoms with Crippen LogP contribution >= 0.6 is 0 Å². The van der Waals surface area contributed by atoms with Crippen molar-refractivity contribution >= 4 is 0 Å². The molecule has 0 fully saturated rings. The second kappa shape index (κ2) is 5.89. The molecule has 2 N–H and O–H groups in total. The maximum absolute atomic E-state index is 5.95. The molecule has 0 radical (unpaired) electrons. The lowest BCUT2D eigenvalue weighted by molar-refractivity contribution is 0.478. The number of hydrogen-bond donors (Lipinski definition) is 1. The molecular weight excluding hydrogens is 234 g/mol. The molecule has 0 saturated heterocycles. The SMILES string of the molecule is Cc1ccc(Oc2cc(CC(C)N)ccc2C)cc1. The van der Waals surface area contributed by atoms with Gasteiger partial charge in [-0.25, -0.2) is 0 Å². The molecule has 2 nitrogen and oxygen atoms in total. The monoisotopic (exact) mass is 255 g/mol. The highest BCUT2D eigenvalue weighted by Gasteiger charge is 2.05. The van der Waals surface area contributed by atoms with Gasteiger partial charge in [0.05, 0.1) is 0 Å². The van der Waals surface area contributed by atoms with Crippen molar-refractivity contribution in [3.05, 3.63) is 59.2 Å². The molecule has 2 rings (SSSR count). The van der Waals surface area contributed by atoms with E-state index in [1.807, 2.05) is 19.1 Å². The number of nitrogens with two attached hydrogens (primary N) is 1. The van der Waals surface area contributed by atoms with Crippen molar-refractivity contribution in [2.45, 2.75) is 33.2 Å². The third kappa shape index (κ3) is 3.83. The van der Waals surface area contributed by atoms with Gasteiger partial charge in [0.15, 0.2) is 0 Å². The molecule has 19 heavy (non-hydrogen) atoms.